The monoisotopic (exact) mass is 515 g/mol. The van der Waals surface area contributed by atoms with Crippen molar-refractivity contribution in [3.8, 4) is 5.88 Å². The number of para-hydroxylation sites is 1. The molecule has 12 heteroatoms. The molecule has 1 aliphatic carbocycles. The van der Waals surface area contributed by atoms with E-state index in [1.54, 1.807) is 31.3 Å². The highest BCUT2D eigenvalue weighted by atomic mass is 19.4. The zero-order chi connectivity index (χ0) is 25.9. The van der Waals surface area contributed by atoms with Crippen LogP contribution in [-0.4, -0.2) is 76.0 Å². The summed E-state index contributed by atoms with van der Waals surface area (Å²) in [5, 5.41) is 6.78. The van der Waals surface area contributed by atoms with Gasteiger partial charge in [0.15, 0.2) is 6.10 Å². The normalized spacial score (nSPS) is 27.5. The first-order chi connectivity index (χ1) is 17.7. The Morgan fingerprint density at radius 2 is 2.03 bits per heavy atom. The molecule has 2 fully saturated rings. The quantitative estimate of drug-likeness (QED) is 0.574. The van der Waals surface area contributed by atoms with Crippen molar-refractivity contribution in [1.82, 2.24) is 20.1 Å². The summed E-state index contributed by atoms with van der Waals surface area (Å²) in [6.45, 7) is 0.482. The number of aromatic nitrogens is 3. The number of H-pyrrole nitrogens is 1. The van der Waals surface area contributed by atoms with Gasteiger partial charge in [-0.15, -0.1) is 0 Å². The maximum absolute atomic E-state index is 13.7. The minimum atomic E-state index is -4.57. The van der Waals surface area contributed by atoms with Crippen molar-refractivity contribution in [1.29, 1.82) is 0 Å². The van der Waals surface area contributed by atoms with Crippen LogP contribution in [0, 0.1) is 0 Å². The number of hydrogen-bond donors (Lipinski definition) is 1. The fraction of sp³-hybridized carbons (Fsp3) is 0.440. The van der Waals surface area contributed by atoms with Crippen LogP contribution in [0.2, 0.25) is 0 Å². The number of carbonyl (C=O) groups excluding carboxylic acids is 2. The molecule has 1 saturated carbocycles. The molecule has 2 aromatic heterocycles. The maximum Gasteiger partial charge on any atom is 0.416 e. The number of carbonyl (C=O) groups is 2. The molecule has 37 heavy (non-hydrogen) atoms. The molecule has 3 aliphatic rings. The lowest BCUT2D eigenvalue weighted by Crippen LogP contribution is -2.58. The Morgan fingerprint density at radius 3 is 2.81 bits per heavy atom. The highest BCUT2D eigenvalue weighted by Crippen LogP contribution is 2.54. The second-order valence-electron chi connectivity index (χ2n) is 9.85. The van der Waals surface area contributed by atoms with Gasteiger partial charge in [-0.25, -0.2) is 4.98 Å². The van der Waals surface area contributed by atoms with Gasteiger partial charge in [-0.2, -0.15) is 18.3 Å². The van der Waals surface area contributed by atoms with Gasteiger partial charge in [0, 0.05) is 24.6 Å². The van der Waals surface area contributed by atoms with Gasteiger partial charge in [0.25, 0.3) is 0 Å². The number of nitrogens with zero attached hydrogens (tertiary/aromatic N) is 4. The maximum atomic E-state index is 13.7. The highest BCUT2D eigenvalue weighted by molar-refractivity contribution is 6.11. The lowest BCUT2D eigenvalue weighted by Gasteiger charge is -2.43. The molecule has 1 spiro atoms. The van der Waals surface area contributed by atoms with Crippen LogP contribution in [0.1, 0.15) is 25.3 Å². The average molecular weight is 515 g/mol. The zero-order valence-corrected chi connectivity index (χ0v) is 19.9. The second kappa shape index (κ2) is 8.44. The SMILES string of the molecule is CC1CO[C@@H](C(F)(F)F)CN1C(=O)CN1C(=O)C2(CC(Oc3ccc4[nH]ncc4n3)C2)c2ccccc21. The Labute approximate surface area is 209 Å². The van der Waals surface area contributed by atoms with E-state index in [2.05, 4.69) is 15.2 Å². The number of pyridine rings is 1. The van der Waals surface area contributed by atoms with Crippen LogP contribution >= 0.6 is 0 Å². The van der Waals surface area contributed by atoms with Gasteiger partial charge < -0.3 is 19.3 Å². The molecule has 1 aromatic carbocycles. The van der Waals surface area contributed by atoms with Crippen LogP contribution in [0.3, 0.4) is 0 Å². The fourth-order valence-electron chi connectivity index (χ4n) is 5.53. The molecule has 2 aliphatic heterocycles. The summed E-state index contributed by atoms with van der Waals surface area (Å²) in [6, 6.07) is 10.3. The summed E-state index contributed by atoms with van der Waals surface area (Å²) in [5.74, 6) is -0.358. The lowest BCUT2D eigenvalue weighted by molar-refractivity contribution is -0.242. The number of nitrogens with one attached hydrogen (secondary N) is 1. The predicted octanol–water partition coefficient (Wildman–Crippen LogP) is 2.96. The predicted molar refractivity (Wildman–Crippen MR) is 125 cm³/mol. The number of alkyl halides is 3. The Balaban J connectivity index is 1.18. The Bertz CT molecular complexity index is 1370. The number of ether oxygens (including phenoxy) is 2. The number of aromatic amines is 1. The largest absolute Gasteiger partial charge is 0.474 e. The summed E-state index contributed by atoms with van der Waals surface area (Å²) < 4.78 is 50.6. The van der Waals surface area contributed by atoms with Crippen molar-refractivity contribution in [3.63, 3.8) is 0 Å². The fourth-order valence-corrected chi connectivity index (χ4v) is 5.53. The molecular weight excluding hydrogens is 491 g/mol. The standard InChI is InChI=1S/C25H24F3N5O4/c1-14-13-36-20(25(26,27)28)11-32(14)22(34)12-33-19-5-3-2-4-16(19)24(23(33)35)8-15(9-24)37-21-7-6-17-18(30-21)10-29-31-17/h2-7,10,14-15,20H,8-9,11-13H2,1H3,(H,29,31)/t14?,15?,20-,24?/m1/s1. The van der Waals surface area contributed by atoms with Gasteiger partial charge in [0.1, 0.15) is 18.2 Å². The third kappa shape index (κ3) is 3.90. The Kier molecular flexibility index (Phi) is 5.41. The van der Waals surface area contributed by atoms with Crippen LogP contribution < -0.4 is 9.64 Å². The molecule has 1 unspecified atom stereocenters. The van der Waals surface area contributed by atoms with Gasteiger partial charge in [0.2, 0.25) is 17.7 Å². The van der Waals surface area contributed by atoms with Crippen molar-refractivity contribution in [2.24, 2.45) is 0 Å². The first-order valence-corrected chi connectivity index (χ1v) is 12.0. The number of benzene rings is 1. The highest BCUT2D eigenvalue weighted by Gasteiger charge is 2.60. The summed E-state index contributed by atoms with van der Waals surface area (Å²) in [7, 11) is 0. The van der Waals surface area contributed by atoms with E-state index in [9.17, 15) is 22.8 Å². The molecule has 2 amide bonds. The molecule has 6 rings (SSSR count). The minimum Gasteiger partial charge on any atom is -0.474 e. The number of fused-ring (bicyclic) bond motifs is 3. The second-order valence-corrected chi connectivity index (χ2v) is 9.85. The first kappa shape index (κ1) is 23.7. The molecule has 3 aromatic rings. The third-order valence-corrected chi connectivity index (χ3v) is 7.49. The number of anilines is 1. The topological polar surface area (TPSA) is 101 Å². The van der Waals surface area contributed by atoms with Crippen LogP contribution in [0.25, 0.3) is 11.0 Å². The van der Waals surface area contributed by atoms with Crippen LogP contribution in [0.5, 0.6) is 5.88 Å². The Morgan fingerprint density at radius 1 is 1.24 bits per heavy atom. The van der Waals surface area contributed by atoms with E-state index in [4.69, 9.17) is 9.47 Å². The van der Waals surface area contributed by atoms with Crippen molar-refractivity contribution < 1.29 is 32.2 Å². The summed E-state index contributed by atoms with van der Waals surface area (Å²) in [6.07, 6.45) is -4.46. The molecule has 0 bridgehead atoms. The van der Waals surface area contributed by atoms with E-state index in [1.165, 1.54) is 4.90 Å². The van der Waals surface area contributed by atoms with E-state index in [-0.39, 0.29) is 25.2 Å². The molecule has 1 N–H and O–H groups in total. The molecule has 2 atom stereocenters. The molecule has 0 radical (unpaired) electrons. The number of halogens is 3. The number of hydrogen-bond acceptors (Lipinski definition) is 6. The first-order valence-electron chi connectivity index (χ1n) is 12.0. The molecule has 4 heterocycles. The summed E-state index contributed by atoms with van der Waals surface area (Å²) >= 11 is 0. The number of amides is 2. The van der Waals surface area contributed by atoms with Gasteiger partial charge in [-0.1, -0.05) is 18.2 Å². The van der Waals surface area contributed by atoms with Crippen molar-refractivity contribution in [2.45, 2.75) is 49.6 Å². The van der Waals surface area contributed by atoms with Crippen LogP contribution in [0.15, 0.2) is 42.6 Å². The molecular formula is C25H24F3N5O4. The van der Waals surface area contributed by atoms with E-state index in [0.29, 0.717) is 29.9 Å². The van der Waals surface area contributed by atoms with Crippen molar-refractivity contribution in [2.75, 3.05) is 24.6 Å². The molecule has 194 valence electrons. The van der Waals surface area contributed by atoms with Crippen LogP contribution in [-0.2, 0) is 19.7 Å². The van der Waals surface area contributed by atoms with Gasteiger partial charge >= 0.3 is 6.18 Å². The van der Waals surface area contributed by atoms with Crippen molar-refractivity contribution >= 4 is 28.5 Å². The van der Waals surface area contributed by atoms with Gasteiger partial charge in [0.05, 0.1) is 36.3 Å². The summed E-state index contributed by atoms with van der Waals surface area (Å²) in [4.78, 5) is 33.8. The third-order valence-electron chi connectivity index (χ3n) is 7.49. The van der Waals surface area contributed by atoms with Crippen molar-refractivity contribution in [3.05, 3.63) is 48.2 Å². The summed E-state index contributed by atoms with van der Waals surface area (Å²) in [5.41, 5.74) is 2.02. The smallest absolute Gasteiger partial charge is 0.416 e. The van der Waals surface area contributed by atoms with E-state index >= 15 is 0 Å². The van der Waals surface area contributed by atoms with E-state index in [0.717, 1.165) is 16.0 Å². The zero-order valence-electron chi connectivity index (χ0n) is 19.9. The molecule has 9 nitrogen and oxygen atoms in total. The van der Waals surface area contributed by atoms with Gasteiger partial charge in [-0.05, 0) is 24.6 Å². The Hall–Kier alpha value is -3.67. The lowest BCUT2D eigenvalue weighted by atomic mass is 9.63. The van der Waals surface area contributed by atoms with E-state index in [1.807, 2.05) is 18.2 Å². The number of morpholine rings is 1. The van der Waals surface area contributed by atoms with Gasteiger partial charge in [-0.3, -0.25) is 14.7 Å². The minimum absolute atomic E-state index is 0.220. The molecule has 1 saturated heterocycles. The van der Waals surface area contributed by atoms with E-state index < -0.39 is 36.2 Å². The number of rotatable bonds is 4. The van der Waals surface area contributed by atoms with Crippen LogP contribution in [0.4, 0.5) is 18.9 Å². The average Bonchev–Trinajstić information content (AvgIpc) is 3.40.